The van der Waals surface area contributed by atoms with Crippen LogP contribution in [0.5, 0.6) is 0 Å². The van der Waals surface area contributed by atoms with E-state index in [0.29, 0.717) is 24.3 Å². The van der Waals surface area contributed by atoms with Crippen LogP contribution in [0.2, 0.25) is 0 Å². The van der Waals surface area contributed by atoms with Gasteiger partial charge in [-0.05, 0) is 42.7 Å². The number of hydrogen-bond acceptors (Lipinski definition) is 3. The van der Waals surface area contributed by atoms with Crippen molar-refractivity contribution in [3.63, 3.8) is 0 Å². The highest BCUT2D eigenvalue weighted by molar-refractivity contribution is 6.07. The van der Waals surface area contributed by atoms with E-state index in [9.17, 15) is 14.4 Å². The van der Waals surface area contributed by atoms with E-state index in [4.69, 9.17) is 0 Å². The number of nitrogens with one attached hydrogen (secondary N) is 2. The largest absolute Gasteiger partial charge is 0.352 e. The molecule has 2 aromatic carbocycles. The fourth-order valence-electron chi connectivity index (χ4n) is 3.54. The number of nitrogens with zero attached hydrogens (tertiary/aromatic N) is 1. The highest BCUT2D eigenvalue weighted by Gasteiger charge is 2.35. The maximum absolute atomic E-state index is 12.9. The van der Waals surface area contributed by atoms with E-state index < -0.39 is 5.92 Å². The summed E-state index contributed by atoms with van der Waals surface area (Å²) in [5.41, 5.74) is 2.91. The van der Waals surface area contributed by atoms with Crippen LogP contribution in [-0.4, -0.2) is 30.8 Å². The number of para-hydroxylation sites is 1. The van der Waals surface area contributed by atoms with Crippen molar-refractivity contribution in [3.8, 4) is 0 Å². The third kappa shape index (κ3) is 5.06. The minimum Gasteiger partial charge on any atom is -0.352 e. The number of aryl methyl sites for hydroxylation is 1. The summed E-state index contributed by atoms with van der Waals surface area (Å²) in [7, 11) is 0. The van der Waals surface area contributed by atoms with Gasteiger partial charge in [0.1, 0.15) is 0 Å². The Morgan fingerprint density at radius 2 is 1.80 bits per heavy atom. The summed E-state index contributed by atoms with van der Waals surface area (Å²) in [6.45, 7) is 5.07. The molecule has 0 aliphatic carbocycles. The molecule has 0 saturated carbocycles. The molecule has 0 bridgehead atoms. The van der Waals surface area contributed by atoms with Crippen LogP contribution in [0.4, 0.5) is 11.4 Å². The molecule has 1 fully saturated rings. The number of carbonyl (C=O) groups excluding carboxylic acids is 3. The third-order valence-electron chi connectivity index (χ3n) is 5.40. The number of rotatable bonds is 8. The van der Waals surface area contributed by atoms with Gasteiger partial charge in [-0.25, -0.2) is 0 Å². The molecule has 1 atom stereocenters. The van der Waals surface area contributed by atoms with E-state index in [2.05, 4.69) is 24.5 Å². The second kappa shape index (κ2) is 10.1. The lowest BCUT2D eigenvalue weighted by Gasteiger charge is -2.17. The first-order valence-corrected chi connectivity index (χ1v) is 10.6. The average molecular weight is 408 g/mol. The Morgan fingerprint density at radius 1 is 1.07 bits per heavy atom. The summed E-state index contributed by atoms with van der Waals surface area (Å²) < 4.78 is 0. The summed E-state index contributed by atoms with van der Waals surface area (Å²) >= 11 is 0. The van der Waals surface area contributed by atoms with Crippen molar-refractivity contribution >= 4 is 29.1 Å². The fraction of sp³-hybridized carbons (Fsp3) is 0.375. The van der Waals surface area contributed by atoms with Gasteiger partial charge in [0.05, 0.1) is 17.2 Å². The number of hydrogen-bond donors (Lipinski definition) is 2. The monoisotopic (exact) mass is 407 g/mol. The van der Waals surface area contributed by atoms with Crippen LogP contribution in [0.25, 0.3) is 0 Å². The van der Waals surface area contributed by atoms with Crippen LogP contribution >= 0.6 is 0 Å². The van der Waals surface area contributed by atoms with Crippen LogP contribution in [0.1, 0.15) is 49.0 Å². The predicted octanol–water partition coefficient (Wildman–Crippen LogP) is 3.77. The molecule has 1 aliphatic rings. The lowest BCUT2D eigenvalue weighted by atomic mass is 10.1. The normalized spacial score (nSPS) is 15.9. The molecule has 2 N–H and O–H groups in total. The standard InChI is InChI=1S/C24H29N3O3/c1-3-5-14-25-24(30)20-8-6-7-9-21(20)26-23(29)18-15-22(28)27(16-18)19-12-10-17(4-2)11-13-19/h6-13,18H,3-5,14-16H2,1-2H3,(H,25,30)(H,26,29)/t18-/m0/s1. The second-order valence-electron chi connectivity index (χ2n) is 7.57. The van der Waals surface area contributed by atoms with Gasteiger partial charge < -0.3 is 15.5 Å². The molecule has 158 valence electrons. The van der Waals surface area contributed by atoms with E-state index in [1.54, 1.807) is 29.2 Å². The lowest BCUT2D eigenvalue weighted by Crippen LogP contribution is -2.29. The van der Waals surface area contributed by atoms with Crippen molar-refractivity contribution in [2.45, 2.75) is 39.5 Å². The molecule has 1 aliphatic heterocycles. The molecule has 3 amide bonds. The van der Waals surface area contributed by atoms with Crippen molar-refractivity contribution < 1.29 is 14.4 Å². The van der Waals surface area contributed by atoms with Crippen LogP contribution in [0.15, 0.2) is 48.5 Å². The smallest absolute Gasteiger partial charge is 0.253 e. The zero-order valence-corrected chi connectivity index (χ0v) is 17.6. The van der Waals surface area contributed by atoms with E-state index in [1.165, 1.54) is 5.56 Å². The molecule has 30 heavy (non-hydrogen) atoms. The van der Waals surface area contributed by atoms with Crippen LogP contribution in [-0.2, 0) is 16.0 Å². The number of anilines is 2. The van der Waals surface area contributed by atoms with Gasteiger partial charge in [-0.15, -0.1) is 0 Å². The fourth-order valence-corrected chi connectivity index (χ4v) is 3.54. The summed E-state index contributed by atoms with van der Waals surface area (Å²) in [4.78, 5) is 39.5. The molecule has 1 heterocycles. The van der Waals surface area contributed by atoms with Crippen LogP contribution in [0, 0.1) is 5.92 Å². The molecule has 0 aromatic heterocycles. The molecular formula is C24H29N3O3. The predicted molar refractivity (Wildman–Crippen MR) is 119 cm³/mol. The summed E-state index contributed by atoms with van der Waals surface area (Å²) in [6, 6.07) is 14.8. The lowest BCUT2D eigenvalue weighted by molar-refractivity contribution is -0.122. The van der Waals surface area contributed by atoms with Crippen LogP contribution in [0.3, 0.4) is 0 Å². The Morgan fingerprint density at radius 3 is 2.50 bits per heavy atom. The Bertz CT molecular complexity index is 908. The first-order valence-electron chi connectivity index (χ1n) is 10.6. The Kier molecular flexibility index (Phi) is 7.22. The summed E-state index contributed by atoms with van der Waals surface area (Å²) in [6.07, 6.45) is 2.99. The molecule has 1 saturated heterocycles. The minimum absolute atomic E-state index is 0.0648. The van der Waals surface area contributed by atoms with Gasteiger partial charge in [-0.1, -0.05) is 44.5 Å². The van der Waals surface area contributed by atoms with Gasteiger partial charge in [0.25, 0.3) is 5.91 Å². The molecule has 6 heteroatoms. The third-order valence-corrected chi connectivity index (χ3v) is 5.40. The van der Waals surface area contributed by atoms with Gasteiger partial charge in [-0.2, -0.15) is 0 Å². The van der Waals surface area contributed by atoms with E-state index >= 15 is 0 Å². The number of amides is 3. The summed E-state index contributed by atoms with van der Waals surface area (Å²) in [5.74, 6) is -0.978. The van der Waals surface area contributed by atoms with E-state index in [-0.39, 0.29) is 24.1 Å². The highest BCUT2D eigenvalue weighted by atomic mass is 16.2. The van der Waals surface area contributed by atoms with Crippen molar-refractivity contribution in [2.24, 2.45) is 5.92 Å². The minimum atomic E-state index is -0.459. The quantitative estimate of drug-likeness (QED) is 0.654. The molecule has 6 nitrogen and oxygen atoms in total. The molecular weight excluding hydrogens is 378 g/mol. The molecule has 0 spiro atoms. The van der Waals surface area contributed by atoms with Gasteiger partial charge in [0.15, 0.2) is 0 Å². The molecule has 0 radical (unpaired) electrons. The highest BCUT2D eigenvalue weighted by Crippen LogP contribution is 2.27. The number of benzene rings is 2. The van der Waals surface area contributed by atoms with Gasteiger partial charge >= 0.3 is 0 Å². The topological polar surface area (TPSA) is 78.5 Å². The van der Waals surface area contributed by atoms with E-state index in [0.717, 1.165) is 24.9 Å². The number of carbonyl (C=O) groups is 3. The van der Waals surface area contributed by atoms with Gasteiger partial charge in [-0.3, -0.25) is 14.4 Å². The maximum atomic E-state index is 12.9. The Labute approximate surface area is 177 Å². The SMILES string of the molecule is CCCCNC(=O)c1ccccc1NC(=O)[C@H]1CC(=O)N(c2ccc(CC)cc2)C1. The van der Waals surface area contributed by atoms with Crippen molar-refractivity contribution in [2.75, 3.05) is 23.3 Å². The zero-order valence-electron chi connectivity index (χ0n) is 17.6. The van der Waals surface area contributed by atoms with Gasteiger partial charge in [0, 0.05) is 25.2 Å². The molecule has 0 unspecified atom stereocenters. The van der Waals surface area contributed by atoms with Crippen molar-refractivity contribution in [3.05, 3.63) is 59.7 Å². The van der Waals surface area contributed by atoms with Crippen molar-refractivity contribution in [1.82, 2.24) is 5.32 Å². The van der Waals surface area contributed by atoms with Crippen LogP contribution < -0.4 is 15.5 Å². The summed E-state index contributed by atoms with van der Waals surface area (Å²) in [5, 5.41) is 5.73. The zero-order chi connectivity index (χ0) is 21.5. The Hall–Kier alpha value is -3.15. The van der Waals surface area contributed by atoms with Gasteiger partial charge in [0.2, 0.25) is 11.8 Å². The first kappa shape index (κ1) is 21.6. The maximum Gasteiger partial charge on any atom is 0.253 e. The first-order chi connectivity index (χ1) is 14.5. The van der Waals surface area contributed by atoms with E-state index in [1.807, 2.05) is 24.3 Å². The molecule has 3 rings (SSSR count). The average Bonchev–Trinajstić information content (AvgIpc) is 3.16. The number of unbranched alkanes of at least 4 members (excludes halogenated alkanes) is 1. The van der Waals surface area contributed by atoms with Crippen molar-refractivity contribution in [1.29, 1.82) is 0 Å². The molecule has 2 aromatic rings. The second-order valence-corrected chi connectivity index (χ2v) is 7.57. The Balaban J connectivity index is 1.66.